The lowest BCUT2D eigenvalue weighted by Gasteiger charge is -2.36. The van der Waals surface area contributed by atoms with Gasteiger partial charge in [-0.2, -0.15) is 0 Å². The minimum absolute atomic E-state index is 0.133. The van der Waals surface area contributed by atoms with Crippen molar-refractivity contribution in [3.8, 4) is 0 Å². The van der Waals surface area contributed by atoms with Gasteiger partial charge < -0.3 is 20.2 Å². The smallest absolute Gasteiger partial charge is 0.321 e. The SMILES string of the molecule is CN(CCCO)C1CCN(C(=O)Nc2cccnc2Cl)CC1. The highest BCUT2D eigenvalue weighted by atomic mass is 35.5. The molecule has 1 aliphatic rings. The van der Waals surface area contributed by atoms with Gasteiger partial charge in [0, 0.05) is 38.5 Å². The molecule has 0 bridgehead atoms. The van der Waals surface area contributed by atoms with Gasteiger partial charge in [-0.15, -0.1) is 0 Å². The van der Waals surface area contributed by atoms with Crippen molar-refractivity contribution in [2.75, 3.05) is 38.6 Å². The summed E-state index contributed by atoms with van der Waals surface area (Å²) in [5, 5.41) is 12.0. The lowest BCUT2D eigenvalue weighted by atomic mass is 10.0. The van der Waals surface area contributed by atoms with E-state index >= 15 is 0 Å². The van der Waals surface area contributed by atoms with Crippen molar-refractivity contribution >= 4 is 23.3 Å². The number of halogens is 1. The highest BCUT2D eigenvalue weighted by Gasteiger charge is 2.25. The highest BCUT2D eigenvalue weighted by Crippen LogP contribution is 2.20. The van der Waals surface area contributed by atoms with Crippen molar-refractivity contribution in [1.82, 2.24) is 14.8 Å². The lowest BCUT2D eigenvalue weighted by molar-refractivity contribution is 0.134. The van der Waals surface area contributed by atoms with Crippen molar-refractivity contribution in [3.05, 3.63) is 23.5 Å². The van der Waals surface area contributed by atoms with Gasteiger partial charge in [0.05, 0.1) is 5.69 Å². The molecule has 1 aromatic rings. The number of nitrogens with one attached hydrogen (secondary N) is 1. The number of piperidine rings is 1. The molecule has 122 valence electrons. The van der Waals surface area contributed by atoms with Crippen LogP contribution in [0.1, 0.15) is 19.3 Å². The third-order valence-corrected chi connectivity index (χ3v) is 4.35. The number of rotatable bonds is 5. The molecule has 0 aromatic carbocycles. The largest absolute Gasteiger partial charge is 0.396 e. The van der Waals surface area contributed by atoms with Crippen LogP contribution in [0.4, 0.5) is 10.5 Å². The summed E-state index contributed by atoms with van der Waals surface area (Å²) in [6.07, 6.45) is 4.26. The van der Waals surface area contributed by atoms with E-state index in [2.05, 4.69) is 22.2 Å². The lowest BCUT2D eigenvalue weighted by Crippen LogP contribution is -2.47. The van der Waals surface area contributed by atoms with Crippen molar-refractivity contribution in [1.29, 1.82) is 0 Å². The number of carbonyl (C=O) groups is 1. The van der Waals surface area contributed by atoms with Crippen LogP contribution < -0.4 is 5.32 Å². The molecule has 7 heteroatoms. The van der Waals surface area contributed by atoms with Gasteiger partial charge >= 0.3 is 6.03 Å². The monoisotopic (exact) mass is 326 g/mol. The average Bonchev–Trinajstić information content (AvgIpc) is 2.55. The molecule has 1 aromatic heterocycles. The number of hydrogen-bond acceptors (Lipinski definition) is 4. The second-order valence-electron chi connectivity index (χ2n) is 5.55. The number of pyridine rings is 1. The number of nitrogens with zero attached hydrogens (tertiary/aromatic N) is 3. The number of amides is 2. The van der Waals surface area contributed by atoms with Gasteiger partial charge in [-0.3, -0.25) is 0 Å². The second-order valence-corrected chi connectivity index (χ2v) is 5.91. The molecule has 1 aliphatic heterocycles. The third-order valence-electron chi connectivity index (χ3n) is 4.04. The first kappa shape index (κ1) is 17.0. The van der Waals surface area contributed by atoms with E-state index < -0.39 is 0 Å². The van der Waals surface area contributed by atoms with Crippen molar-refractivity contribution in [2.24, 2.45) is 0 Å². The molecular formula is C15H23ClN4O2. The van der Waals surface area contributed by atoms with Crippen LogP contribution in [0.3, 0.4) is 0 Å². The van der Waals surface area contributed by atoms with Crippen molar-refractivity contribution < 1.29 is 9.90 Å². The summed E-state index contributed by atoms with van der Waals surface area (Å²) in [5.41, 5.74) is 0.538. The maximum Gasteiger partial charge on any atom is 0.321 e. The molecule has 0 spiro atoms. The highest BCUT2D eigenvalue weighted by molar-refractivity contribution is 6.32. The normalized spacial score (nSPS) is 16.1. The number of anilines is 1. The fourth-order valence-corrected chi connectivity index (χ4v) is 2.85. The Bertz CT molecular complexity index is 492. The van der Waals surface area contributed by atoms with Crippen LogP contribution in [-0.2, 0) is 0 Å². The second kappa shape index (κ2) is 8.31. The molecule has 2 amide bonds. The fourth-order valence-electron chi connectivity index (χ4n) is 2.69. The average molecular weight is 327 g/mol. The number of hydrogen-bond donors (Lipinski definition) is 2. The van der Waals surface area contributed by atoms with Crippen molar-refractivity contribution in [3.63, 3.8) is 0 Å². The zero-order valence-electron chi connectivity index (χ0n) is 12.8. The Balaban J connectivity index is 1.81. The number of carbonyl (C=O) groups excluding carboxylic acids is 1. The maximum atomic E-state index is 12.3. The van der Waals surface area contributed by atoms with Gasteiger partial charge in [0.25, 0.3) is 0 Å². The van der Waals surface area contributed by atoms with Crippen molar-refractivity contribution in [2.45, 2.75) is 25.3 Å². The van der Waals surface area contributed by atoms with E-state index in [-0.39, 0.29) is 12.6 Å². The Morgan fingerprint density at radius 3 is 2.91 bits per heavy atom. The minimum atomic E-state index is -0.133. The van der Waals surface area contributed by atoms with Gasteiger partial charge in [-0.1, -0.05) is 11.6 Å². The predicted molar refractivity (Wildman–Crippen MR) is 87.2 cm³/mol. The van der Waals surface area contributed by atoms with E-state index in [1.54, 1.807) is 23.2 Å². The Labute approximate surface area is 136 Å². The van der Waals surface area contributed by atoms with Gasteiger partial charge in [0.1, 0.15) is 0 Å². The maximum absolute atomic E-state index is 12.3. The summed E-state index contributed by atoms with van der Waals surface area (Å²) in [5.74, 6) is 0. The number of aliphatic hydroxyl groups is 1. The molecule has 0 saturated carbocycles. The van der Waals surface area contributed by atoms with Crippen LogP contribution in [0.25, 0.3) is 0 Å². The number of likely N-dealkylation sites (tertiary alicyclic amines) is 1. The van der Waals surface area contributed by atoms with Gasteiger partial charge in [0.15, 0.2) is 5.15 Å². The van der Waals surface area contributed by atoms with Gasteiger partial charge in [-0.25, -0.2) is 9.78 Å². The summed E-state index contributed by atoms with van der Waals surface area (Å²) < 4.78 is 0. The number of aliphatic hydroxyl groups excluding tert-OH is 1. The van der Waals surface area contributed by atoms with Crippen LogP contribution >= 0.6 is 11.6 Å². The Morgan fingerprint density at radius 2 is 2.27 bits per heavy atom. The van der Waals surface area contributed by atoms with Crippen LogP contribution in [0.2, 0.25) is 5.15 Å². The standard InChI is InChI=1S/C15H23ClN4O2/c1-19(8-3-11-21)12-5-9-20(10-6-12)15(22)18-13-4-2-7-17-14(13)16/h2,4,7,12,21H,3,5-6,8-11H2,1H3,(H,18,22). The van der Waals surface area contributed by atoms with Crippen LogP contribution in [0.5, 0.6) is 0 Å². The molecule has 1 fully saturated rings. The summed E-state index contributed by atoms with van der Waals surface area (Å²) in [4.78, 5) is 20.3. The van der Waals surface area contributed by atoms with Gasteiger partial charge in [-0.05, 0) is 38.4 Å². The first-order valence-electron chi connectivity index (χ1n) is 7.59. The predicted octanol–water partition coefficient (Wildman–Crippen LogP) is 2.05. The van der Waals surface area contributed by atoms with E-state index in [4.69, 9.17) is 16.7 Å². The molecular weight excluding hydrogens is 304 g/mol. The summed E-state index contributed by atoms with van der Waals surface area (Å²) >= 11 is 5.95. The fraction of sp³-hybridized carbons (Fsp3) is 0.600. The molecule has 2 heterocycles. The van der Waals surface area contributed by atoms with E-state index in [0.29, 0.717) is 16.9 Å². The number of aromatic nitrogens is 1. The summed E-state index contributed by atoms with van der Waals surface area (Å²) in [6, 6.07) is 3.82. The summed E-state index contributed by atoms with van der Waals surface area (Å²) in [6.45, 7) is 2.55. The van der Waals surface area contributed by atoms with Gasteiger partial charge in [0.2, 0.25) is 0 Å². The molecule has 0 radical (unpaired) electrons. The van der Waals surface area contributed by atoms with E-state index in [0.717, 1.165) is 38.9 Å². The zero-order chi connectivity index (χ0) is 15.9. The molecule has 1 saturated heterocycles. The third kappa shape index (κ3) is 4.56. The topological polar surface area (TPSA) is 68.7 Å². The first-order chi connectivity index (χ1) is 10.6. The molecule has 0 aliphatic carbocycles. The van der Waals surface area contributed by atoms with E-state index in [1.807, 2.05) is 0 Å². The zero-order valence-corrected chi connectivity index (χ0v) is 13.6. The van der Waals surface area contributed by atoms with Crippen LogP contribution in [0.15, 0.2) is 18.3 Å². The Morgan fingerprint density at radius 1 is 1.55 bits per heavy atom. The van der Waals surface area contributed by atoms with Crippen LogP contribution in [0, 0.1) is 0 Å². The molecule has 6 nitrogen and oxygen atoms in total. The Hall–Kier alpha value is -1.37. The minimum Gasteiger partial charge on any atom is -0.396 e. The molecule has 0 atom stereocenters. The Kier molecular flexibility index (Phi) is 6.42. The van der Waals surface area contributed by atoms with Crippen LogP contribution in [-0.4, -0.2) is 65.3 Å². The molecule has 2 rings (SSSR count). The van der Waals surface area contributed by atoms with E-state index in [1.165, 1.54) is 0 Å². The number of urea groups is 1. The van der Waals surface area contributed by atoms with E-state index in [9.17, 15) is 4.79 Å². The first-order valence-corrected chi connectivity index (χ1v) is 7.97. The molecule has 0 unspecified atom stereocenters. The summed E-state index contributed by atoms with van der Waals surface area (Å²) in [7, 11) is 2.07. The molecule has 22 heavy (non-hydrogen) atoms. The molecule has 2 N–H and O–H groups in total. The quantitative estimate of drug-likeness (QED) is 0.813.